The lowest BCUT2D eigenvalue weighted by Crippen LogP contribution is -2.04. The summed E-state index contributed by atoms with van der Waals surface area (Å²) >= 11 is 0. The maximum absolute atomic E-state index is 16.1. The maximum atomic E-state index is 16.1. The van der Waals surface area contributed by atoms with E-state index < -0.39 is 0 Å². The number of unbranched alkanes of at least 4 members (excludes halogenated alkanes) is 2. The van der Waals surface area contributed by atoms with E-state index in [9.17, 15) is 0 Å². The molecule has 0 aromatic heterocycles. The standard InChI is InChI=1S/C33H34F2O/c1-4-7-11-27-28-13-9-10-14-30(28)33(35)32(29(27)12-8-5-2)24-17-20-26(31(34)22-24)23-15-18-25(19-16-23)36-21-6-3/h6,9-10,13-20,22H,3-5,7-8,11-12,21H2,1-2H3. The number of fused-ring (bicyclic) bond motifs is 1. The lowest BCUT2D eigenvalue weighted by molar-refractivity contribution is 0.363. The molecule has 186 valence electrons. The van der Waals surface area contributed by atoms with Gasteiger partial charge in [0.2, 0.25) is 0 Å². The Morgan fingerprint density at radius 2 is 1.42 bits per heavy atom. The monoisotopic (exact) mass is 484 g/mol. The van der Waals surface area contributed by atoms with Gasteiger partial charge in [-0.3, -0.25) is 0 Å². The highest BCUT2D eigenvalue weighted by atomic mass is 19.1. The Morgan fingerprint density at radius 1 is 0.778 bits per heavy atom. The van der Waals surface area contributed by atoms with Crippen molar-refractivity contribution in [2.75, 3.05) is 6.61 Å². The third-order valence-corrected chi connectivity index (χ3v) is 6.73. The van der Waals surface area contributed by atoms with E-state index in [4.69, 9.17) is 4.74 Å². The largest absolute Gasteiger partial charge is 0.490 e. The summed E-state index contributed by atoms with van der Waals surface area (Å²) in [5, 5.41) is 1.59. The zero-order chi connectivity index (χ0) is 25.5. The normalized spacial score (nSPS) is 11.1. The molecular formula is C33H34F2O. The van der Waals surface area contributed by atoms with E-state index in [1.807, 2.05) is 54.6 Å². The Balaban J connectivity index is 1.83. The average molecular weight is 485 g/mol. The van der Waals surface area contributed by atoms with Gasteiger partial charge in [0, 0.05) is 16.5 Å². The van der Waals surface area contributed by atoms with Crippen molar-refractivity contribution in [3.05, 3.63) is 102 Å². The Morgan fingerprint density at radius 3 is 2.06 bits per heavy atom. The molecule has 0 radical (unpaired) electrons. The molecule has 0 atom stereocenters. The number of ether oxygens (including phenoxy) is 1. The lowest BCUT2D eigenvalue weighted by Gasteiger charge is -2.20. The molecule has 0 aliphatic carbocycles. The molecule has 0 N–H and O–H groups in total. The van der Waals surface area contributed by atoms with Crippen LogP contribution in [0.4, 0.5) is 8.78 Å². The number of hydrogen-bond acceptors (Lipinski definition) is 1. The van der Waals surface area contributed by atoms with E-state index in [-0.39, 0.29) is 11.6 Å². The molecule has 3 heteroatoms. The van der Waals surface area contributed by atoms with Gasteiger partial charge in [0.25, 0.3) is 0 Å². The summed E-state index contributed by atoms with van der Waals surface area (Å²) in [6.07, 6.45) is 7.43. The van der Waals surface area contributed by atoms with Crippen LogP contribution in [-0.4, -0.2) is 6.61 Å². The van der Waals surface area contributed by atoms with Crippen molar-refractivity contribution in [3.63, 3.8) is 0 Å². The second kappa shape index (κ2) is 12.0. The molecule has 4 rings (SSSR count). The topological polar surface area (TPSA) is 9.23 Å². The Hall–Kier alpha value is -3.46. The third-order valence-electron chi connectivity index (χ3n) is 6.73. The molecule has 4 aromatic carbocycles. The Labute approximate surface area is 213 Å². The highest BCUT2D eigenvalue weighted by Crippen LogP contribution is 2.39. The molecule has 0 aliphatic heterocycles. The summed E-state index contributed by atoms with van der Waals surface area (Å²) in [4.78, 5) is 0. The minimum Gasteiger partial charge on any atom is -0.490 e. The van der Waals surface area contributed by atoms with Crippen LogP contribution < -0.4 is 4.74 Å². The predicted octanol–water partition coefficient (Wildman–Crippen LogP) is 9.70. The summed E-state index contributed by atoms with van der Waals surface area (Å²) < 4.78 is 37.1. The van der Waals surface area contributed by atoms with Crippen LogP contribution in [0.3, 0.4) is 0 Å². The van der Waals surface area contributed by atoms with Crippen molar-refractivity contribution in [2.45, 2.75) is 52.4 Å². The first-order chi connectivity index (χ1) is 17.6. The Bertz CT molecular complexity index is 1340. The van der Waals surface area contributed by atoms with Gasteiger partial charge in [0.1, 0.15) is 24.0 Å². The summed E-state index contributed by atoms with van der Waals surface area (Å²) in [5.74, 6) is 0.0817. The van der Waals surface area contributed by atoms with E-state index in [0.717, 1.165) is 55.0 Å². The van der Waals surface area contributed by atoms with Gasteiger partial charge in [-0.25, -0.2) is 8.78 Å². The molecule has 4 aromatic rings. The minimum absolute atomic E-state index is 0.257. The zero-order valence-electron chi connectivity index (χ0n) is 21.2. The minimum atomic E-state index is -0.364. The first kappa shape index (κ1) is 25.6. The quantitative estimate of drug-likeness (QED) is 0.193. The van der Waals surface area contributed by atoms with Gasteiger partial charge in [-0.05, 0) is 71.5 Å². The van der Waals surface area contributed by atoms with Crippen LogP contribution in [0.15, 0.2) is 79.4 Å². The number of aryl methyl sites for hydroxylation is 1. The van der Waals surface area contributed by atoms with Crippen molar-refractivity contribution in [2.24, 2.45) is 0 Å². The molecule has 0 fully saturated rings. The van der Waals surface area contributed by atoms with Crippen molar-refractivity contribution in [3.8, 4) is 28.0 Å². The molecule has 0 aliphatic rings. The molecule has 0 heterocycles. The number of benzene rings is 4. The smallest absolute Gasteiger partial charge is 0.139 e. The summed E-state index contributed by atoms with van der Waals surface area (Å²) in [6, 6.07) is 20.1. The van der Waals surface area contributed by atoms with Gasteiger partial charge in [0.15, 0.2) is 0 Å². The molecule has 0 amide bonds. The fourth-order valence-corrected chi connectivity index (χ4v) is 4.88. The van der Waals surface area contributed by atoms with Crippen LogP contribution in [0.2, 0.25) is 0 Å². The fraction of sp³-hybridized carbons (Fsp3) is 0.273. The van der Waals surface area contributed by atoms with E-state index in [2.05, 4.69) is 20.4 Å². The van der Waals surface area contributed by atoms with Crippen LogP contribution >= 0.6 is 0 Å². The highest BCUT2D eigenvalue weighted by molar-refractivity contribution is 5.93. The number of rotatable bonds is 11. The van der Waals surface area contributed by atoms with Crippen molar-refractivity contribution >= 4 is 10.8 Å². The molecule has 0 bridgehead atoms. The Kier molecular flexibility index (Phi) is 8.53. The molecular weight excluding hydrogens is 450 g/mol. The van der Waals surface area contributed by atoms with Crippen LogP contribution in [0.25, 0.3) is 33.0 Å². The van der Waals surface area contributed by atoms with Crippen LogP contribution in [0.1, 0.15) is 50.7 Å². The molecule has 0 saturated carbocycles. The zero-order valence-corrected chi connectivity index (χ0v) is 21.2. The fourth-order valence-electron chi connectivity index (χ4n) is 4.88. The van der Waals surface area contributed by atoms with E-state index in [0.29, 0.717) is 34.4 Å². The lowest BCUT2D eigenvalue weighted by atomic mass is 9.85. The van der Waals surface area contributed by atoms with Gasteiger partial charge in [-0.15, -0.1) is 0 Å². The number of halogens is 2. The average Bonchev–Trinajstić information content (AvgIpc) is 2.90. The van der Waals surface area contributed by atoms with E-state index >= 15 is 8.78 Å². The molecule has 36 heavy (non-hydrogen) atoms. The van der Waals surface area contributed by atoms with Gasteiger partial charge in [-0.2, -0.15) is 0 Å². The van der Waals surface area contributed by atoms with E-state index in [1.54, 1.807) is 12.1 Å². The van der Waals surface area contributed by atoms with Crippen LogP contribution in [0.5, 0.6) is 5.75 Å². The van der Waals surface area contributed by atoms with Crippen LogP contribution in [0, 0.1) is 11.6 Å². The first-order valence-electron chi connectivity index (χ1n) is 12.9. The van der Waals surface area contributed by atoms with Crippen molar-refractivity contribution in [1.29, 1.82) is 0 Å². The van der Waals surface area contributed by atoms with Crippen molar-refractivity contribution < 1.29 is 13.5 Å². The predicted molar refractivity (Wildman–Crippen MR) is 148 cm³/mol. The third kappa shape index (κ3) is 5.36. The second-order valence-electron chi connectivity index (χ2n) is 9.22. The summed E-state index contributed by atoms with van der Waals surface area (Å²) in [5.41, 5.74) is 4.60. The molecule has 0 spiro atoms. The summed E-state index contributed by atoms with van der Waals surface area (Å²) in [7, 11) is 0. The maximum Gasteiger partial charge on any atom is 0.139 e. The molecule has 0 unspecified atom stereocenters. The van der Waals surface area contributed by atoms with Gasteiger partial charge in [-0.1, -0.05) is 87.9 Å². The van der Waals surface area contributed by atoms with Gasteiger partial charge < -0.3 is 4.74 Å². The summed E-state index contributed by atoms with van der Waals surface area (Å²) in [6.45, 7) is 8.38. The van der Waals surface area contributed by atoms with Crippen molar-refractivity contribution in [1.82, 2.24) is 0 Å². The van der Waals surface area contributed by atoms with E-state index in [1.165, 1.54) is 11.6 Å². The number of hydrogen-bond donors (Lipinski definition) is 0. The van der Waals surface area contributed by atoms with Crippen LogP contribution in [-0.2, 0) is 12.8 Å². The molecule has 1 nitrogen and oxygen atoms in total. The molecule has 0 saturated heterocycles. The van der Waals surface area contributed by atoms with Gasteiger partial charge in [0.05, 0.1) is 0 Å². The highest BCUT2D eigenvalue weighted by Gasteiger charge is 2.21. The first-order valence-corrected chi connectivity index (χ1v) is 12.9. The SMILES string of the molecule is C=CCOc1ccc(-c2ccc(-c3c(CCCC)c(CCCC)c4ccccc4c3F)cc2F)cc1. The second-order valence-corrected chi connectivity index (χ2v) is 9.22. The van der Waals surface area contributed by atoms with Gasteiger partial charge >= 0.3 is 0 Å².